The maximum Gasteiger partial charge on any atom is 0.169 e. The van der Waals surface area contributed by atoms with Crippen LogP contribution in [0.5, 0.6) is 0 Å². The molecule has 0 fully saturated rings. The first-order valence-electron chi connectivity index (χ1n) is 17.6. The standard InChI is InChI=1S/C48H29N3S/c1-2-9-35-28-36(25-20-30(35)8-1)31-16-18-32(19-17-31)37-26-27-44-43(29-37)39-10-3-4-12-42(39)48-50-49-47(51(44)48)34-23-21-33(22-24-34)38-13-7-14-41-40-11-5-6-15-45(40)52-46(38)41/h1-29H. The van der Waals surface area contributed by atoms with Crippen LogP contribution in [0.1, 0.15) is 0 Å². The molecule has 3 aromatic heterocycles. The summed E-state index contributed by atoms with van der Waals surface area (Å²) in [5.74, 6) is 0.838. The van der Waals surface area contributed by atoms with Gasteiger partial charge in [-0.3, -0.25) is 4.40 Å². The molecule has 8 aromatic carbocycles. The highest BCUT2D eigenvalue weighted by Crippen LogP contribution is 2.41. The van der Waals surface area contributed by atoms with Crippen molar-refractivity contribution in [2.45, 2.75) is 0 Å². The molecular weight excluding hydrogens is 651 g/mol. The van der Waals surface area contributed by atoms with Gasteiger partial charge in [-0.1, -0.05) is 152 Å². The molecule has 0 atom stereocenters. The van der Waals surface area contributed by atoms with Crippen LogP contribution >= 0.6 is 11.3 Å². The summed E-state index contributed by atoms with van der Waals surface area (Å²) < 4.78 is 4.86. The van der Waals surface area contributed by atoms with Gasteiger partial charge in [0.15, 0.2) is 11.5 Å². The van der Waals surface area contributed by atoms with E-state index in [2.05, 4.69) is 180 Å². The number of hydrogen-bond donors (Lipinski definition) is 0. The molecule has 0 saturated heterocycles. The molecule has 242 valence electrons. The van der Waals surface area contributed by atoms with Crippen molar-refractivity contribution in [3.05, 3.63) is 176 Å². The zero-order chi connectivity index (χ0) is 34.2. The number of nitrogens with zero attached hydrogens (tertiary/aromatic N) is 3. The summed E-state index contributed by atoms with van der Waals surface area (Å²) in [7, 11) is 0. The fraction of sp³-hybridized carbons (Fsp3) is 0. The smallest absolute Gasteiger partial charge is 0.169 e. The molecule has 3 nitrogen and oxygen atoms in total. The molecule has 0 N–H and O–H groups in total. The minimum atomic E-state index is 0.838. The maximum atomic E-state index is 4.80. The number of hydrogen-bond acceptors (Lipinski definition) is 3. The highest BCUT2D eigenvalue weighted by atomic mass is 32.1. The lowest BCUT2D eigenvalue weighted by atomic mass is 9.96. The Kier molecular flexibility index (Phi) is 6.42. The van der Waals surface area contributed by atoms with Crippen molar-refractivity contribution in [2.24, 2.45) is 0 Å². The Bertz CT molecular complexity index is 3170. The van der Waals surface area contributed by atoms with E-state index in [1.165, 1.54) is 75.1 Å². The van der Waals surface area contributed by atoms with E-state index in [9.17, 15) is 0 Å². The lowest BCUT2D eigenvalue weighted by Gasteiger charge is -2.12. The molecule has 0 bridgehead atoms. The Morgan fingerprint density at radius 2 is 1.00 bits per heavy atom. The average Bonchev–Trinajstić information content (AvgIpc) is 3.84. The number of fused-ring (bicyclic) bond motifs is 10. The normalized spacial score (nSPS) is 11.8. The first-order valence-corrected chi connectivity index (χ1v) is 18.4. The lowest BCUT2D eigenvalue weighted by molar-refractivity contribution is 1.12. The largest absolute Gasteiger partial charge is 0.274 e. The Labute approximate surface area is 303 Å². The van der Waals surface area contributed by atoms with Crippen molar-refractivity contribution < 1.29 is 0 Å². The Hall–Kier alpha value is -6.62. The molecule has 3 heterocycles. The van der Waals surface area contributed by atoms with E-state index in [0.717, 1.165) is 27.9 Å². The topological polar surface area (TPSA) is 30.2 Å². The lowest BCUT2D eigenvalue weighted by Crippen LogP contribution is -1.95. The number of aromatic nitrogens is 3. The predicted octanol–water partition coefficient (Wildman–Crippen LogP) is 13.2. The van der Waals surface area contributed by atoms with Gasteiger partial charge in [0, 0.05) is 36.5 Å². The molecule has 0 radical (unpaired) electrons. The molecular formula is C48H29N3S. The Balaban J connectivity index is 1.01. The van der Waals surface area contributed by atoms with E-state index in [1.807, 2.05) is 11.3 Å². The quantitative estimate of drug-likeness (QED) is 0.173. The van der Waals surface area contributed by atoms with Crippen LogP contribution in [0, 0.1) is 0 Å². The summed E-state index contributed by atoms with van der Waals surface area (Å²) in [6, 6.07) is 63.6. The summed E-state index contributed by atoms with van der Waals surface area (Å²) in [6.45, 7) is 0. The van der Waals surface area contributed by atoms with Crippen molar-refractivity contribution in [2.75, 3.05) is 0 Å². The van der Waals surface area contributed by atoms with Gasteiger partial charge in [0.05, 0.1) is 5.52 Å². The first kappa shape index (κ1) is 29.1. The van der Waals surface area contributed by atoms with E-state index in [4.69, 9.17) is 10.2 Å². The van der Waals surface area contributed by atoms with E-state index >= 15 is 0 Å². The molecule has 0 amide bonds. The van der Waals surface area contributed by atoms with Crippen molar-refractivity contribution in [1.29, 1.82) is 0 Å². The summed E-state index contributed by atoms with van der Waals surface area (Å²) in [4.78, 5) is 0. The minimum absolute atomic E-state index is 0.838. The second kappa shape index (κ2) is 11.5. The number of rotatable bonds is 4. The fourth-order valence-electron chi connectivity index (χ4n) is 7.91. The first-order chi connectivity index (χ1) is 25.8. The summed E-state index contributed by atoms with van der Waals surface area (Å²) >= 11 is 1.86. The minimum Gasteiger partial charge on any atom is -0.274 e. The van der Waals surface area contributed by atoms with Gasteiger partial charge < -0.3 is 0 Å². The second-order valence-corrected chi connectivity index (χ2v) is 14.5. The van der Waals surface area contributed by atoms with E-state index in [1.54, 1.807) is 0 Å². The van der Waals surface area contributed by atoms with Crippen molar-refractivity contribution in [1.82, 2.24) is 14.6 Å². The van der Waals surface area contributed by atoms with E-state index in [0.29, 0.717) is 0 Å². The van der Waals surface area contributed by atoms with Crippen molar-refractivity contribution in [3.63, 3.8) is 0 Å². The predicted molar refractivity (Wildman–Crippen MR) is 220 cm³/mol. The van der Waals surface area contributed by atoms with Gasteiger partial charge in [-0.05, 0) is 73.8 Å². The van der Waals surface area contributed by atoms with Crippen LogP contribution in [-0.4, -0.2) is 14.6 Å². The third-order valence-electron chi connectivity index (χ3n) is 10.5. The molecule has 0 spiro atoms. The van der Waals surface area contributed by atoms with Crippen LogP contribution in [0.3, 0.4) is 0 Å². The van der Waals surface area contributed by atoms with Crippen LogP contribution in [0.4, 0.5) is 0 Å². The van der Waals surface area contributed by atoms with Gasteiger partial charge in [-0.15, -0.1) is 21.5 Å². The van der Waals surface area contributed by atoms with Crippen molar-refractivity contribution >= 4 is 69.6 Å². The fourth-order valence-corrected chi connectivity index (χ4v) is 9.15. The molecule has 11 rings (SSSR count). The highest BCUT2D eigenvalue weighted by Gasteiger charge is 2.17. The van der Waals surface area contributed by atoms with Crippen LogP contribution in [0.15, 0.2) is 176 Å². The molecule has 0 aliphatic rings. The molecule has 0 saturated carbocycles. The number of benzene rings is 8. The van der Waals surface area contributed by atoms with E-state index in [-0.39, 0.29) is 0 Å². The number of thiophene rings is 1. The van der Waals surface area contributed by atoms with Crippen LogP contribution in [0.25, 0.3) is 103 Å². The van der Waals surface area contributed by atoms with Gasteiger partial charge in [0.1, 0.15) is 0 Å². The van der Waals surface area contributed by atoms with E-state index < -0.39 is 0 Å². The van der Waals surface area contributed by atoms with Gasteiger partial charge in [-0.2, -0.15) is 0 Å². The Morgan fingerprint density at radius 3 is 1.83 bits per heavy atom. The summed E-state index contributed by atoms with van der Waals surface area (Å²) in [5, 5.41) is 18.1. The SMILES string of the molecule is c1ccc2cc(-c3ccc(-c4ccc5c(c4)c4ccccc4c4nnc(-c6ccc(-c7cccc8c7sc7ccccc78)cc6)n54)cc3)ccc2c1. The van der Waals surface area contributed by atoms with Crippen LogP contribution in [0.2, 0.25) is 0 Å². The average molecular weight is 680 g/mol. The molecule has 0 unspecified atom stereocenters. The molecule has 0 aliphatic carbocycles. The summed E-state index contributed by atoms with van der Waals surface area (Å²) in [5.41, 5.74) is 10.2. The third-order valence-corrected chi connectivity index (χ3v) is 11.7. The van der Waals surface area contributed by atoms with Gasteiger partial charge in [0.25, 0.3) is 0 Å². The van der Waals surface area contributed by atoms with Gasteiger partial charge in [0.2, 0.25) is 0 Å². The zero-order valence-corrected chi connectivity index (χ0v) is 28.8. The van der Waals surface area contributed by atoms with Gasteiger partial charge >= 0.3 is 0 Å². The monoisotopic (exact) mass is 679 g/mol. The second-order valence-electron chi connectivity index (χ2n) is 13.5. The molecule has 11 aromatic rings. The maximum absolute atomic E-state index is 4.80. The molecule has 0 aliphatic heterocycles. The highest BCUT2D eigenvalue weighted by molar-refractivity contribution is 7.26. The molecule has 52 heavy (non-hydrogen) atoms. The molecule has 4 heteroatoms. The van der Waals surface area contributed by atoms with Crippen LogP contribution in [-0.2, 0) is 0 Å². The third kappa shape index (κ3) is 4.51. The van der Waals surface area contributed by atoms with Gasteiger partial charge in [-0.25, -0.2) is 0 Å². The van der Waals surface area contributed by atoms with Crippen LogP contribution < -0.4 is 0 Å². The summed E-state index contributed by atoms with van der Waals surface area (Å²) in [6.07, 6.45) is 0. The Morgan fingerprint density at radius 1 is 0.385 bits per heavy atom. The van der Waals surface area contributed by atoms with Crippen molar-refractivity contribution in [3.8, 4) is 44.8 Å². The zero-order valence-electron chi connectivity index (χ0n) is 28.0. The number of pyridine rings is 1.